The van der Waals surface area contributed by atoms with E-state index in [0.29, 0.717) is 17.8 Å². The van der Waals surface area contributed by atoms with Crippen molar-refractivity contribution in [2.75, 3.05) is 12.8 Å². The number of nitrogens with zero attached hydrogens (tertiary/aromatic N) is 2. The molecule has 3 rings (SSSR count). The van der Waals surface area contributed by atoms with Crippen molar-refractivity contribution < 1.29 is 4.21 Å². The van der Waals surface area contributed by atoms with Gasteiger partial charge in [-0.2, -0.15) is 0 Å². The fourth-order valence-electron chi connectivity index (χ4n) is 3.70. The van der Waals surface area contributed by atoms with Crippen molar-refractivity contribution in [3.05, 3.63) is 54.2 Å². The molecule has 1 aromatic heterocycles. The summed E-state index contributed by atoms with van der Waals surface area (Å²) in [6.07, 6.45) is 6.07. The maximum Gasteiger partial charge on any atom is 0.191 e. The van der Waals surface area contributed by atoms with E-state index >= 15 is 0 Å². The zero-order valence-electron chi connectivity index (χ0n) is 17.1. The Bertz CT molecular complexity index is 815. The lowest BCUT2D eigenvalue weighted by Gasteiger charge is -2.30. The lowest BCUT2D eigenvalue weighted by Crippen LogP contribution is -2.46. The third kappa shape index (κ3) is 7.06. The van der Waals surface area contributed by atoms with E-state index in [1.807, 2.05) is 31.3 Å². The Balaban J connectivity index is 0.00000300. The van der Waals surface area contributed by atoms with Crippen LogP contribution < -0.4 is 10.6 Å². The van der Waals surface area contributed by atoms with Crippen LogP contribution in [0.3, 0.4) is 0 Å². The number of benzene rings is 1. The second-order valence-corrected chi connectivity index (χ2v) is 9.15. The largest absolute Gasteiger partial charge is 0.354 e. The number of aromatic nitrogens is 1. The molecule has 7 heteroatoms. The Hall–Kier alpha value is -1.48. The number of rotatable bonds is 6. The molecule has 3 unspecified atom stereocenters. The molecule has 5 nitrogen and oxygen atoms in total. The lowest BCUT2D eigenvalue weighted by molar-refractivity contribution is 0.413. The Labute approximate surface area is 193 Å². The van der Waals surface area contributed by atoms with Crippen molar-refractivity contribution in [3.63, 3.8) is 0 Å². The van der Waals surface area contributed by atoms with Gasteiger partial charge in [-0.3, -0.25) is 14.2 Å². The molecule has 1 fully saturated rings. The van der Waals surface area contributed by atoms with Gasteiger partial charge in [-0.1, -0.05) is 37.6 Å². The third-order valence-corrected chi connectivity index (χ3v) is 6.94. The fraction of sp³-hybridized carbons (Fsp3) is 0.455. The molecule has 0 aliphatic heterocycles. The van der Waals surface area contributed by atoms with Crippen molar-refractivity contribution in [1.82, 2.24) is 15.6 Å². The number of pyridine rings is 1. The lowest BCUT2D eigenvalue weighted by atomic mass is 9.95. The predicted octanol–water partition coefficient (Wildman–Crippen LogP) is 4.11. The topological polar surface area (TPSA) is 66.4 Å². The predicted molar refractivity (Wildman–Crippen MR) is 133 cm³/mol. The summed E-state index contributed by atoms with van der Waals surface area (Å²) in [4.78, 5) is 8.80. The summed E-state index contributed by atoms with van der Waals surface area (Å²) < 4.78 is 12.2. The van der Waals surface area contributed by atoms with Gasteiger partial charge in [-0.15, -0.1) is 24.0 Å². The van der Waals surface area contributed by atoms with Crippen molar-refractivity contribution in [2.45, 2.75) is 50.4 Å². The molecule has 2 aromatic rings. The zero-order valence-corrected chi connectivity index (χ0v) is 20.3. The standard InChI is InChI=1S/C22H30N4OS.HI/c1-3-28(27)20-11-7-10-19(15-20)26-22(23-2)25-16-17-8-6-9-18(14-17)21-12-4-5-13-24-21;/h4-6,8-9,12-14,19-20H,3,7,10-11,15-16H2,1-2H3,(H2,23,25,26);1H. The second-order valence-electron chi connectivity index (χ2n) is 7.14. The number of hydrogen-bond donors (Lipinski definition) is 2. The number of halogens is 1. The highest BCUT2D eigenvalue weighted by Crippen LogP contribution is 2.23. The number of nitrogens with one attached hydrogen (secondary N) is 2. The summed E-state index contributed by atoms with van der Waals surface area (Å²) in [6, 6.07) is 14.7. The number of guanidine groups is 1. The van der Waals surface area contributed by atoms with Crippen molar-refractivity contribution in [2.24, 2.45) is 4.99 Å². The van der Waals surface area contributed by atoms with Crippen molar-refractivity contribution >= 4 is 40.7 Å². The van der Waals surface area contributed by atoms with Gasteiger partial charge < -0.3 is 10.6 Å². The van der Waals surface area contributed by atoms with Gasteiger partial charge in [0.25, 0.3) is 0 Å². The summed E-state index contributed by atoms with van der Waals surface area (Å²) in [7, 11) is 1.08. The summed E-state index contributed by atoms with van der Waals surface area (Å²) in [6.45, 7) is 2.70. The van der Waals surface area contributed by atoms with Crippen LogP contribution in [0.1, 0.15) is 38.2 Å². The molecule has 3 atom stereocenters. The minimum atomic E-state index is -0.711. The number of aliphatic imine (C=N–C) groups is 1. The fourth-order valence-corrected chi connectivity index (χ4v) is 5.05. The van der Waals surface area contributed by atoms with Gasteiger partial charge in [0.1, 0.15) is 0 Å². The maximum atomic E-state index is 12.2. The third-order valence-electron chi connectivity index (χ3n) is 5.19. The minimum absolute atomic E-state index is 0. The first-order valence-corrected chi connectivity index (χ1v) is 11.4. The van der Waals surface area contributed by atoms with Gasteiger partial charge in [0.05, 0.1) is 5.69 Å². The quantitative estimate of drug-likeness (QED) is 0.338. The summed E-state index contributed by atoms with van der Waals surface area (Å²) in [5, 5.41) is 7.25. The van der Waals surface area contributed by atoms with E-state index < -0.39 is 10.8 Å². The highest BCUT2D eigenvalue weighted by molar-refractivity contribution is 14.0. The first-order valence-electron chi connectivity index (χ1n) is 10.0. The van der Waals surface area contributed by atoms with E-state index in [9.17, 15) is 4.21 Å². The molecule has 0 saturated heterocycles. The molecule has 0 amide bonds. The monoisotopic (exact) mass is 526 g/mol. The summed E-state index contributed by atoms with van der Waals surface area (Å²) >= 11 is 0. The van der Waals surface area contributed by atoms with E-state index in [-0.39, 0.29) is 24.0 Å². The molecule has 1 saturated carbocycles. The molecule has 1 aliphatic carbocycles. The SMILES string of the molecule is CCS(=O)C1CCCC(NC(=NC)NCc2cccc(-c3ccccn3)c2)C1.I. The van der Waals surface area contributed by atoms with Gasteiger partial charge in [0.2, 0.25) is 0 Å². The molecular formula is C22H31IN4OS. The molecular weight excluding hydrogens is 495 g/mol. The molecule has 158 valence electrons. The van der Waals surface area contributed by atoms with Crippen molar-refractivity contribution in [1.29, 1.82) is 0 Å². The molecule has 1 aliphatic rings. The Kier molecular flexibility index (Phi) is 10.1. The molecule has 29 heavy (non-hydrogen) atoms. The van der Waals surface area contributed by atoms with Crippen LogP contribution in [-0.4, -0.2) is 39.2 Å². The zero-order chi connectivity index (χ0) is 19.8. The van der Waals surface area contributed by atoms with Crippen LogP contribution in [0.2, 0.25) is 0 Å². The highest BCUT2D eigenvalue weighted by Gasteiger charge is 2.25. The van der Waals surface area contributed by atoms with Gasteiger partial charge in [-0.25, -0.2) is 0 Å². The first kappa shape index (κ1) is 23.8. The maximum absolute atomic E-state index is 12.2. The van der Waals surface area contributed by atoms with Gasteiger partial charge in [0.15, 0.2) is 5.96 Å². The van der Waals surface area contributed by atoms with E-state index in [1.165, 1.54) is 5.56 Å². The van der Waals surface area contributed by atoms with E-state index in [2.05, 4.69) is 44.9 Å². The van der Waals surface area contributed by atoms with Crippen molar-refractivity contribution in [3.8, 4) is 11.3 Å². The van der Waals surface area contributed by atoms with Crippen LogP contribution in [0.4, 0.5) is 0 Å². The van der Waals surface area contributed by atoms with Gasteiger partial charge in [-0.05, 0) is 43.0 Å². The highest BCUT2D eigenvalue weighted by atomic mass is 127. The molecule has 0 radical (unpaired) electrons. The Morgan fingerprint density at radius 1 is 1.24 bits per heavy atom. The Morgan fingerprint density at radius 3 is 2.83 bits per heavy atom. The molecule has 0 spiro atoms. The van der Waals surface area contributed by atoms with Crippen LogP contribution in [-0.2, 0) is 17.3 Å². The summed E-state index contributed by atoms with van der Waals surface area (Å²) in [5.74, 6) is 1.55. The van der Waals surface area contributed by atoms with Crippen LogP contribution >= 0.6 is 24.0 Å². The molecule has 1 heterocycles. The average molecular weight is 526 g/mol. The Morgan fingerprint density at radius 2 is 2.10 bits per heavy atom. The van der Waals surface area contributed by atoms with Crippen LogP contribution in [0.5, 0.6) is 0 Å². The van der Waals surface area contributed by atoms with E-state index in [1.54, 1.807) is 7.05 Å². The summed E-state index contributed by atoms with van der Waals surface area (Å²) in [5.41, 5.74) is 3.27. The minimum Gasteiger partial charge on any atom is -0.354 e. The van der Waals surface area contributed by atoms with Crippen LogP contribution in [0.25, 0.3) is 11.3 Å². The first-order chi connectivity index (χ1) is 13.7. The van der Waals surface area contributed by atoms with E-state index in [4.69, 9.17) is 0 Å². The van der Waals surface area contributed by atoms with Crippen LogP contribution in [0, 0.1) is 0 Å². The molecule has 0 bridgehead atoms. The molecule has 2 N–H and O–H groups in total. The molecule has 1 aromatic carbocycles. The average Bonchev–Trinajstić information content (AvgIpc) is 2.77. The normalized spacial score (nSPS) is 20.4. The number of hydrogen-bond acceptors (Lipinski definition) is 3. The smallest absolute Gasteiger partial charge is 0.191 e. The van der Waals surface area contributed by atoms with Gasteiger partial charge in [0, 0.05) is 53.2 Å². The van der Waals surface area contributed by atoms with Gasteiger partial charge >= 0.3 is 0 Å². The second kappa shape index (κ2) is 12.3. The van der Waals surface area contributed by atoms with Crippen LogP contribution in [0.15, 0.2) is 53.7 Å². The van der Waals surface area contributed by atoms with E-state index in [0.717, 1.165) is 48.7 Å².